The minimum atomic E-state index is -0.337. The Bertz CT molecular complexity index is 426. The van der Waals surface area contributed by atoms with Crippen molar-refractivity contribution in [2.45, 2.75) is 84.2 Å². The molecule has 1 heterocycles. The molecule has 156 valence electrons. The van der Waals surface area contributed by atoms with Crippen LogP contribution in [0.25, 0.3) is 0 Å². The molecule has 5 nitrogen and oxygen atoms in total. The second-order valence-corrected chi connectivity index (χ2v) is 6.89. The molecular weight excluding hydrogens is 344 g/mol. The van der Waals surface area contributed by atoms with Gasteiger partial charge >= 0.3 is 11.9 Å². The topological polar surface area (TPSA) is 65.1 Å². The van der Waals surface area contributed by atoms with Crippen LogP contribution < -0.4 is 0 Å². The van der Waals surface area contributed by atoms with Crippen LogP contribution >= 0.6 is 0 Å². The highest BCUT2D eigenvalue weighted by Crippen LogP contribution is 2.10. The molecular formula is C22H38O5. The highest BCUT2D eigenvalue weighted by molar-refractivity contribution is 5.86. The molecule has 1 rings (SSSR count). The van der Waals surface area contributed by atoms with Crippen molar-refractivity contribution in [1.29, 1.82) is 0 Å². The van der Waals surface area contributed by atoms with Gasteiger partial charge in [-0.2, -0.15) is 0 Å². The van der Waals surface area contributed by atoms with Crippen molar-refractivity contribution in [2.24, 2.45) is 0 Å². The van der Waals surface area contributed by atoms with Crippen LogP contribution in [0.2, 0.25) is 0 Å². The Hall–Kier alpha value is -1.62. The van der Waals surface area contributed by atoms with Gasteiger partial charge in [0.1, 0.15) is 12.7 Å². The van der Waals surface area contributed by atoms with Crippen molar-refractivity contribution < 1.29 is 23.8 Å². The van der Waals surface area contributed by atoms with E-state index in [4.69, 9.17) is 14.2 Å². The van der Waals surface area contributed by atoms with Gasteiger partial charge in [-0.1, -0.05) is 77.9 Å². The average molecular weight is 383 g/mol. The maximum absolute atomic E-state index is 10.7. The molecule has 1 saturated heterocycles. The summed E-state index contributed by atoms with van der Waals surface area (Å²) in [6, 6.07) is 0. The maximum atomic E-state index is 10.7. The zero-order valence-electron chi connectivity index (χ0n) is 17.3. The first kappa shape index (κ1) is 25.4. The van der Waals surface area contributed by atoms with Gasteiger partial charge in [-0.3, -0.25) is 0 Å². The quantitative estimate of drug-likeness (QED) is 0.170. The summed E-state index contributed by atoms with van der Waals surface area (Å²) in [5.41, 5.74) is 0.431. The van der Waals surface area contributed by atoms with E-state index in [2.05, 4.69) is 20.1 Å². The first-order chi connectivity index (χ1) is 13.0. The van der Waals surface area contributed by atoms with Crippen LogP contribution in [0.3, 0.4) is 0 Å². The fourth-order valence-corrected chi connectivity index (χ4v) is 2.28. The van der Waals surface area contributed by atoms with Crippen molar-refractivity contribution in [3.05, 3.63) is 24.8 Å². The van der Waals surface area contributed by atoms with E-state index in [1.54, 1.807) is 6.92 Å². The molecule has 27 heavy (non-hydrogen) atoms. The molecule has 0 aromatic carbocycles. The van der Waals surface area contributed by atoms with Crippen LogP contribution in [-0.4, -0.2) is 37.9 Å². The summed E-state index contributed by atoms with van der Waals surface area (Å²) in [5.74, 6) is -0.642. The normalized spacial score (nSPS) is 14.5. The molecule has 0 aromatic heterocycles. The summed E-state index contributed by atoms with van der Waals surface area (Å²) in [4.78, 5) is 21.4. The second-order valence-electron chi connectivity index (χ2n) is 6.89. The lowest BCUT2D eigenvalue weighted by molar-refractivity contribution is -0.139. The predicted octanol–water partition coefficient (Wildman–Crippen LogP) is 5.14. The van der Waals surface area contributed by atoms with Crippen LogP contribution in [0.15, 0.2) is 24.8 Å². The Balaban J connectivity index is 0.000000569. The molecule has 1 aliphatic heterocycles. The third kappa shape index (κ3) is 19.0. The molecule has 1 fully saturated rings. The molecule has 1 aliphatic rings. The van der Waals surface area contributed by atoms with E-state index in [0.717, 1.165) is 6.42 Å². The summed E-state index contributed by atoms with van der Waals surface area (Å²) >= 11 is 0. The van der Waals surface area contributed by atoms with Gasteiger partial charge in [-0.15, -0.1) is 0 Å². The number of rotatable bonds is 15. The Morgan fingerprint density at radius 2 is 1.52 bits per heavy atom. The predicted molar refractivity (Wildman–Crippen MR) is 109 cm³/mol. The molecule has 5 heteroatoms. The van der Waals surface area contributed by atoms with E-state index < -0.39 is 0 Å². The number of epoxide rings is 1. The van der Waals surface area contributed by atoms with Gasteiger partial charge < -0.3 is 14.2 Å². The third-order valence-electron chi connectivity index (χ3n) is 4.06. The Morgan fingerprint density at radius 3 is 1.96 bits per heavy atom. The first-order valence-corrected chi connectivity index (χ1v) is 10.2. The van der Waals surface area contributed by atoms with Gasteiger partial charge in [0.2, 0.25) is 0 Å². The lowest BCUT2D eigenvalue weighted by Crippen LogP contribution is -2.09. The number of unbranched alkanes of at least 4 members (excludes halogenated alkanes) is 9. The van der Waals surface area contributed by atoms with Gasteiger partial charge in [0.25, 0.3) is 0 Å². The minimum absolute atomic E-state index is 0.142. The SMILES string of the molecule is C=C(C)C(=O)OCC1CO1.C=CC(=O)OCCCCCCCCCCCC. The molecule has 0 bridgehead atoms. The van der Waals surface area contributed by atoms with Gasteiger partial charge in [0.05, 0.1) is 13.2 Å². The van der Waals surface area contributed by atoms with E-state index in [1.165, 1.54) is 63.9 Å². The zero-order chi connectivity index (χ0) is 20.3. The maximum Gasteiger partial charge on any atom is 0.333 e. The number of ether oxygens (including phenoxy) is 3. The summed E-state index contributed by atoms with van der Waals surface area (Å²) in [5, 5.41) is 0. The van der Waals surface area contributed by atoms with Crippen LogP contribution in [-0.2, 0) is 23.8 Å². The van der Waals surface area contributed by atoms with Crippen molar-refractivity contribution >= 4 is 11.9 Å². The number of hydrogen-bond acceptors (Lipinski definition) is 5. The van der Waals surface area contributed by atoms with Gasteiger partial charge in [-0.05, 0) is 13.3 Å². The largest absolute Gasteiger partial charge is 0.463 e. The van der Waals surface area contributed by atoms with E-state index in [9.17, 15) is 9.59 Å². The molecule has 0 spiro atoms. The van der Waals surface area contributed by atoms with E-state index in [1.807, 2.05) is 0 Å². The number of esters is 2. The molecule has 0 N–H and O–H groups in total. The van der Waals surface area contributed by atoms with Gasteiger partial charge in [-0.25, -0.2) is 9.59 Å². The Kier molecular flexibility index (Phi) is 16.7. The monoisotopic (exact) mass is 382 g/mol. The standard InChI is InChI=1S/C15H28O2.C7H10O3/c1-3-5-6-7-8-9-10-11-12-13-14-17-15(16)4-2;1-5(2)7(8)10-4-6-3-9-6/h4H,2-3,5-14H2,1H3;6H,1,3-4H2,2H3. The first-order valence-electron chi connectivity index (χ1n) is 10.2. The molecule has 0 aliphatic carbocycles. The van der Waals surface area contributed by atoms with Crippen molar-refractivity contribution in [3.8, 4) is 0 Å². The zero-order valence-corrected chi connectivity index (χ0v) is 17.3. The van der Waals surface area contributed by atoms with Crippen molar-refractivity contribution in [3.63, 3.8) is 0 Å². The number of hydrogen-bond donors (Lipinski definition) is 0. The fraction of sp³-hybridized carbons (Fsp3) is 0.727. The fourth-order valence-electron chi connectivity index (χ4n) is 2.28. The highest BCUT2D eigenvalue weighted by Gasteiger charge is 2.24. The van der Waals surface area contributed by atoms with E-state index in [0.29, 0.717) is 25.4 Å². The Morgan fingerprint density at radius 1 is 1.00 bits per heavy atom. The molecule has 0 amide bonds. The number of carbonyl (C=O) groups is 2. The summed E-state index contributed by atoms with van der Waals surface area (Å²) in [6.45, 7) is 12.3. The highest BCUT2D eigenvalue weighted by atomic mass is 16.6. The van der Waals surface area contributed by atoms with Crippen LogP contribution in [0.5, 0.6) is 0 Å². The number of carbonyl (C=O) groups excluding carboxylic acids is 2. The molecule has 1 atom stereocenters. The summed E-state index contributed by atoms with van der Waals surface area (Å²) < 4.78 is 14.5. The van der Waals surface area contributed by atoms with Crippen LogP contribution in [0.4, 0.5) is 0 Å². The Labute approximate surface area is 165 Å². The van der Waals surface area contributed by atoms with E-state index in [-0.39, 0.29) is 18.0 Å². The molecule has 1 unspecified atom stereocenters. The van der Waals surface area contributed by atoms with Gasteiger partial charge in [0, 0.05) is 11.6 Å². The van der Waals surface area contributed by atoms with Crippen LogP contribution in [0, 0.1) is 0 Å². The van der Waals surface area contributed by atoms with Crippen LogP contribution in [0.1, 0.15) is 78.1 Å². The van der Waals surface area contributed by atoms with E-state index >= 15 is 0 Å². The van der Waals surface area contributed by atoms with Gasteiger partial charge in [0.15, 0.2) is 0 Å². The summed E-state index contributed by atoms with van der Waals surface area (Å²) in [7, 11) is 0. The third-order valence-corrected chi connectivity index (χ3v) is 4.06. The average Bonchev–Trinajstić information content (AvgIpc) is 3.48. The lowest BCUT2D eigenvalue weighted by Gasteiger charge is -2.03. The summed E-state index contributed by atoms with van der Waals surface area (Å²) in [6.07, 6.45) is 14.3. The molecule has 0 aromatic rings. The molecule has 0 radical (unpaired) electrons. The van der Waals surface area contributed by atoms with Crippen molar-refractivity contribution in [1.82, 2.24) is 0 Å². The lowest BCUT2D eigenvalue weighted by atomic mass is 10.1. The second kappa shape index (κ2) is 17.8. The van der Waals surface area contributed by atoms with Crippen molar-refractivity contribution in [2.75, 3.05) is 19.8 Å². The minimum Gasteiger partial charge on any atom is -0.463 e. The smallest absolute Gasteiger partial charge is 0.333 e. The molecule has 0 saturated carbocycles.